The maximum absolute atomic E-state index is 12.3. The molecule has 0 radical (unpaired) electrons. The third-order valence-corrected chi connectivity index (χ3v) is 3.21. The van der Waals surface area contributed by atoms with Gasteiger partial charge in [0.15, 0.2) is 0 Å². The molecular weight excluding hydrogens is 268 g/mol. The molecule has 0 bridgehead atoms. The van der Waals surface area contributed by atoms with E-state index in [0.29, 0.717) is 6.42 Å². The van der Waals surface area contributed by atoms with Gasteiger partial charge < -0.3 is 9.47 Å². The van der Waals surface area contributed by atoms with E-state index in [4.69, 9.17) is 9.47 Å². The van der Waals surface area contributed by atoms with Gasteiger partial charge in [0, 0.05) is 13.3 Å². The summed E-state index contributed by atoms with van der Waals surface area (Å²) in [5, 5.41) is 0. The van der Waals surface area contributed by atoms with Gasteiger partial charge in [0.2, 0.25) is 5.60 Å². The molecule has 1 rings (SSSR count). The summed E-state index contributed by atoms with van der Waals surface area (Å²) in [6.45, 7) is 8.45. The fourth-order valence-electron chi connectivity index (χ4n) is 2.31. The maximum atomic E-state index is 12.3. The molecule has 0 saturated carbocycles. The molecular formula is C17H24O4. The van der Waals surface area contributed by atoms with Crippen LogP contribution in [0, 0.1) is 0 Å². The molecule has 21 heavy (non-hydrogen) atoms. The maximum Gasteiger partial charge on any atom is 0.350 e. The fraction of sp³-hybridized carbons (Fsp3) is 0.529. The van der Waals surface area contributed by atoms with Crippen molar-refractivity contribution >= 4 is 11.9 Å². The molecule has 0 aliphatic rings. The van der Waals surface area contributed by atoms with Crippen LogP contribution in [0.2, 0.25) is 0 Å². The summed E-state index contributed by atoms with van der Waals surface area (Å²) in [4.78, 5) is 23.6. The Bertz CT molecular complexity index is 481. The molecule has 0 amide bonds. The number of hydrogen-bond acceptors (Lipinski definition) is 4. The first-order valence-electron chi connectivity index (χ1n) is 7.20. The van der Waals surface area contributed by atoms with Gasteiger partial charge in [0.25, 0.3) is 0 Å². The van der Waals surface area contributed by atoms with Crippen LogP contribution in [0.25, 0.3) is 0 Å². The summed E-state index contributed by atoms with van der Waals surface area (Å²) in [5.41, 5.74) is -0.182. The number of esters is 2. The number of carbonyl (C=O) groups excluding carboxylic acids is 2. The second kappa shape index (κ2) is 7.25. The Kier molecular flexibility index (Phi) is 5.94. The van der Waals surface area contributed by atoms with Crippen molar-refractivity contribution in [2.75, 3.05) is 0 Å². The fourth-order valence-corrected chi connectivity index (χ4v) is 2.31. The Balaban J connectivity index is 2.92. The molecule has 1 aromatic carbocycles. The molecule has 0 fully saturated rings. The second-order valence-corrected chi connectivity index (χ2v) is 5.79. The molecule has 0 saturated heterocycles. The van der Waals surface area contributed by atoms with E-state index in [1.807, 2.05) is 37.3 Å². The first kappa shape index (κ1) is 17.2. The average molecular weight is 292 g/mol. The molecule has 1 aromatic rings. The van der Waals surface area contributed by atoms with Crippen molar-refractivity contribution in [3.63, 3.8) is 0 Å². The van der Waals surface area contributed by atoms with Crippen LogP contribution in [0.1, 0.15) is 52.5 Å². The lowest BCUT2D eigenvalue weighted by Crippen LogP contribution is -2.43. The Morgan fingerprint density at radius 2 is 1.71 bits per heavy atom. The molecule has 0 aliphatic carbocycles. The van der Waals surface area contributed by atoms with Gasteiger partial charge >= 0.3 is 11.9 Å². The number of rotatable bonds is 6. The van der Waals surface area contributed by atoms with Crippen molar-refractivity contribution in [2.45, 2.75) is 58.7 Å². The van der Waals surface area contributed by atoms with E-state index < -0.39 is 17.5 Å². The number of ether oxygens (including phenoxy) is 2. The summed E-state index contributed by atoms with van der Waals surface area (Å²) in [6, 6.07) is 9.82. The topological polar surface area (TPSA) is 52.6 Å². The summed E-state index contributed by atoms with van der Waals surface area (Å²) in [5.74, 6) is -0.927. The van der Waals surface area contributed by atoms with Crippen molar-refractivity contribution in [3.05, 3.63) is 35.9 Å². The molecule has 0 spiro atoms. The van der Waals surface area contributed by atoms with Gasteiger partial charge in [-0.05, 0) is 32.3 Å². The Labute approximate surface area is 126 Å². The predicted octanol–water partition coefficient (Wildman–Crippen LogP) is 3.45. The highest BCUT2D eigenvalue weighted by Gasteiger charge is 2.40. The monoisotopic (exact) mass is 292 g/mol. The van der Waals surface area contributed by atoms with Gasteiger partial charge in [0.1, 0.15) is 0 Å². The average Bonchev–Trinajstić information content (AvgIpc) is 2.37. The first-order chi connectivity index (χ1) is 9.74. The van der Waals surface area contributed by atoms with Crippen LogP contribution < -0.4 is 0 Å². The lowest BCUT2D eigenvalue weighted by molar-refractivity contribution is -0.183. The van der Waals surface area contributed by atoms with E-state index in [1.165, 1.54) is 6.92 Å². The van der Waals surface area contributed by atoms with Gasteiger partial charge in [-0.3, -0.25) is 4.79 Å². The minimum Gasteiger partial charge on any atom is -0.460 e. The van der Waals surface area contributed by atoms with Crippen LogP contribution in [0.5, 0.6) is 0 Å². The number of benzene rings is 1. The molecule has 2 unspecified atom stereocenters. The zero-order valence-corrected chi connectivity index (χ0v) is 13.4. The molecule has 0 heterocycles. The molecule has 4 nitrogen and oxygen atoms in total. The molecule has 4 heteroatoms. The molecule has 0 aromatic heterocycles. The van der Waals surface area contributed by atoms with Crippen LogP contribution in [0.4, 0.5) is 0 Å². The number of hydrogen-bond donors (Lipinski definition) is 0. The van der Waals surface area contributed by atoms with E-state index in [9.17, 15) is 9.59 Å². The summed E-state index contributed by atoms with van der Waals surface area (Å²) < 4.78 is 10.5. The quantitative estimate of drug-likeness (QED) is 0.754. The summed E-state index contributed by atoms with van der Waals surface area (Å²) in [7, 11) is 0. The smallest absolute Gasteiger partial charge is 0.350 e. The summed E-state index contributed by atoms with van der Waals surface area (Å²) in [6.07, 6.45) is 0.127. The normalized spacial score (nSPS) is 15.1. The van der Waals surface area contributed by atoms with E-state index in [1.54, 1.807) is 20.8 Å². The highest BCUT2D eigenvalue weighted by atomic mass is 16.6. The Morgan fingerprint density at radius 3 is 2.19 bits per heavy atom. The van der Waals surface area contributed by atoms with E-state index >= 15 is 0 Å². The largest absolute Gasteiger partial charge is 0.460 e. The van der Waals surface area contributed by atoms with Crippen molar-refractivity contribution in [1.82, 2.24) is 0 Å². The van der Waals surface area contributed by atoms with Crippen molar-refractivity contribution in [1.29, 1.82) is 0 Å². The Hall–Kier alpha value is -1.84. The van der Waals surface area contributed by atoms with Crippen molar-refractivity contribution < 1.29 is 19.1 Å². The lowest BCUT2D eigenvalue weighted by Gasteiger charge is -2.30. The molecule has 0 aliphatic heterocycles. The SMILES string of the molecule is CC(=O)OC(C)(CC(C)c1ccccc1)C(=O)OC(C)C. The second-order valence-electron chi connectivity index (χ2n) is 5.79. The van der Waals surface area contributed by atoms with Gasteiger partial charge in [-0.2, -0.15) is 0 Å². The molecule has 116 valence electrons. The zero-order chi connectivity index (χ0) is 16.0. The third kappa shape index (κ3) is 5.21. The van der Waals surface area contributed by atoms with Crippen LogP contribution in [-0.2, 0) is 19.1 Å². The van der Waals surface area contributed by atoms with Gasteiger partial charge in [0.05, 0.1) is 6.10 Å². The number of carbonyl (C=O) groups is 2. The predicted molar refractivity (Wildman–Crippen MR) is 80.9 cm³/mol. The van der Waals surface area contributed by atoms with Gasteiger partial charge in [-0.25, -0.2) is 4.79 Å². The van der Waals surface area contributed by atoms with Crippen LogP contribution in [0.15, 0.2) is 30.3 Å². The van der Waals surface area contributed by atoms with Crippen LogP contribution in [0.3, 0.4) is 0 Å². The highest BCUT2D eigenvalue weighted by Crippen LogP contribution is 2.29. The first-order valence-corrected chi connectivity index (χ1v) is 7.20. The zero-order valence-electron chi connectivity index (χ0n) is 13.4. The molecule has 2 atom stereocenters. The van der Waals surface area contributed by atoms with Crippen LogP contribution >= 0.6 is 0 Å². The van der Waals surface area contributed by atoms with Gasteiger partial charge in [-0.1, -0.05) is 37.3 Å². The summed E-state index contributed by atoms with van der Waals surface area (Å²) >= 11 is 0. The molecule has 0 N–H and O–H groups in total. The van der Waals surface area contributed by atoms with Crippen LogP contribution in [-0.4, -0.2) is 23.6 Å². The minimum atomic E-state index is -1.27. The van der Waals surface area contributed by atoms with Gasteiger partial charge in [-0.15, -0.1) is 0 Å². The van der Waals surface area contributed by atoms with Crippen molar-refractivity contribution in [2.24, 2.45) is 0 Å². The Morgan fingerprint density at radius 1 is 1.14 bits per heavy atom. The third-order valence-electron chi connectivity index (χ3n) is 3.21. The highest BCUT2D eigenvalue weighted by molar-refractivity contribution is 5.82. The standard InChI is InChI=1S/C17H24O4/c1-12(2)20-16(19)17(5,21-14(4)18)11-13(3)15-9-7-6-8-10-15/h6-10,12-13H,11H2,1-5H3. The minimum absolute atomic E-state index is 0.0651. The lowest BCUT2D eigenvalue weighted by atomic mass is 9.88. The van der Waals surface area contributed by atoms with E-state index in [0.717, 1.165) is 5.56 Å². The van der Waals surface area contributed by atoms with E-state index in [-0.39, 0.29) is 12.0 Å². The van der Waals surface area contributed by atoms with E-state index in [2.05, 4.69) is 0 Å². The van der Waals surface area contributed by atoms with Crippen molar-refractivity contribution in [3.8, 4) is 0 Å².